The van der Waals surface area contributed by atoms with Crippen molar-refractivity contribution in [3.63, 3.8) is 0 Å². The second-order valence-corrected chi connectivity index (χ2v) is 19.0. The van der Waals surface area contributed by atoms with Crippen LogP contribution in [0.4, 0.5) is 17.1 Å². The van der Waals surface area contributed by atoms with Crippen LogP contribution in [0.15, 0.2) is 224 Å². The molecule has 2 heteroatoms. The van der Waals surface area contributed by atoms with Crippen LogP contribution in [0.25, 0.3) is 104 Å². The van der Waals surface area contributed by atoms with Crippen LogP contribution in [0.2, 0.25) is 0 Å². The zero-order valence-electron chi connectivity index (χ0n) is 37.3. The van der Waals surface area contributed by atoms with Gasteiger partial charge in [0.15, 0.2) is 0 Å². The van der Waals surface area contributed by atoms with Crippen LogP contribution >= 0.6 is 0 Å². The van der Waals surface area contributed by atoms with Crippen LogP contribution < -0.4 is 4.90 Å². The first-order valence-electron chi connectivity index (χ1n) is 23.1. The van der Waals surface area contributed by atoms with E-state index in [1.807, 2.05) is 0 Å². The van der Waals surface area contributed by atoms with Gasteiger partial charge in [-0.05, 0) is 131 Å². The number of rotatable bonds is 6. The van der Waals surface area contributed by atoms with Gasteiger partial charge in [-0.2, -0.15) is 0 Å². The molecule has 0 unspecified atom stereocenters. The normalized spacial score (nSPS) is 12.2. The van der Waals surface area contributed by atoms with Gasteiger partial charge in [0.05, 0.1) is 11.0 Å². The average Bonchev–Trinajstić information content (AvgIpc) is 3.71. The molecule has 0 radical (unpaired) electrons. The number of hydrogen-bond acceptors (Lipinski definition) is 1. The van der Waals surface area contributed by atoms with Crippen molar-refractivity contribution < 1.29 is 0 Å². The van der Waals surface area contributed by atoms with E-state index >= 15 is 0 Å². The summed E-state index contributed by atoms with van der Waals surface area (Å²) in [6, 6.07) is 83.5. The molecule has 12 aromatic carbocycles. The molecule has 0 amide bonds. The minimum Gasteiger partial charge on any atom is -0.310 e. The average molecular weight is 843 g/mol. The van der Waals surface area contributed by atoms with E-state index in [0.717, 1.165) is 22.7 Å². The van der Waals surface area contributed by atoms with Crippen molar-refractivity contribution in [1.29, 1.82) is 0 Å². The van der Waals surface area contributed by atoms with E-state index in [1.54, 1.807) is 0 Å². The van der Waals surface area contributed by atoms with Gasteiger partial charge in [-0.3, -0.25) is 0 Å². The van der Waals surface area contributed by atoms with Gasteiger partial charge in [-0.15, -0.1) is 0 Å². The Hall–Kier alpha value is -8.20. The standard InChI is InChI=1S/C64H46N2/c1-64(2,3)49-31-27-44(28-32-49)43-23-25-45(26-24-43)58-39-48-17-11-21-56-60(48)61-54(58)20-12-22-57(61)63-62(56)55-36-35-53(40-59(55)66(63)50-18-5-4-6-19-50)65(51-33-29-41-13-7-9-15-46(41)37-51)52-34-30-42-14-8-10-16-47(42)38-52/h4-40H,1-3H3. The topological polar surface area (TPSA) is 8.17 Å². The van der Waals surface area contributed by atoms with Crippen molar-refractivity contribution in [2.75, 3.05) is 4.90 Å². The molecule has 0 saturated heterocycles. The largest absolute Gasteiger partial charge is 0.310 e. The molecular weight excluding hydrogens is 797 g/mol. The number of hydrogen-bond donors (Lipinski definition) is 0. The zero-order valence-corrected chi connectivity index (χ0v) is 37.3. The minimum atomic E-state index is 0.123. The molecule has 0 spiro atoms. The number of nitrogens with zero attached hydrogens (tertiary/aromatic N) is 2. The van der Waals surface area contributed by atoms with Crippen LogP contribution in [-0.2, 0) is 5.41 Å². The highest BCUT2D eigenvalue weighted by Crippen LogP contribution is 2.49. The Bertz CT molecular complexity index is 3920. The molecule has 312 valence electrons. The lowest BCUT2D eigenvalue weighted by Gasteiger charge is -2.26. The molecule has 2 nitrogen and oxygen atoms in total. The number of anilines is 3. The van der Waals surface area contributed by atoms with Crippen LogP contribution in [0.1, 0.15) is 26.3 Å². The molecular formula is C64H46N2. The van der Waals surface area contributed by atoms with Gasteiger partial charge >= 0.3 is 0 Å². The summed E-state index contributed by atoms with van der Waals surface area (Å²) in [5, 5.41) is 15.1. The number of fused-ring (bicyclic) bond motifs is 7. The molecule has 0 atom stereocenters. The second-order valence-electron chi connectivity index (χ2n) is 19.0. The Labute approximate surface area is 384 Å². The maximum atomic E-state index is 2.52. The lowest BCUT2D eigenvalue weighted by molar-refractivity contribution is 0.590. The summed E-state index contributed by atoms with van der Waals surface area (Å²) in [7, 11) is 0. The summed E-state index contributed by atoms with van der Waals surface area (Å²) in [6.07, 6.45) is 0. The molecule has 0 aliphatic heterocycles. The number of benzene rings is 12. The maximum Gasteiger partial charge on any atom is 0.0626 e. The van der Waals surface area contributed by atoms with E-state index in [0.29, 0.717) is 0 Å². The fourth-order valence-corrected chi connectivity index (χ4v) is 10.8. The third-order valence-electron chi connectivity index (χ3n) is 14.0. The predicted octanol–water partition coefficient (Wildman–Crippen LogP) is 18.1. The number of para-hydroxylation sites is 1. The zero-order chi connectivity index (χ0) is 44.1. The Morgan fingerprint density at radius 2 is 0.879 bits per heavy atom. The van der Waals surface area contributed by atoms with Crippen LogP contribution in [-0.4, -0.2) is 4.57 Å². The Morgan fingerprint density at radius 3 is 1.55 bits per heavy atom. The molecule has 1 heterocycles. The smallest absolute Gasteiger partial charge is 0.0626 e. The summed E-state index contributed by atoms with van der Waals surface area (Å²) in [6.45, 7) is 6.81. The third-order valence-corrected chi connectivity index (χ3v) is 14.0. The van der Waals surface area contributed by atoms with Crippen molar-refractivity contribution >= 4 is 92.7 Å². The first-order valence-corrected chi connectivity index (χ1v) is 23.1. The summed E-state index contributed by atoms with van der Waals surface area (Å²) in [5.74, 6) is 0. The van der Waals surface area contributed by atoms with Gasteiger partial charge in [0, 0.05) is 44.3 Å². The summed E-state index contributed by atoms with van der Waals surface area (Å²) < 4.78 is 2.52. The first kappa shape index (κ1) is 38.3. The van der Waals surface area contributed by atoms with E-state index in [9.17, 15) is 0 Å². The molecule has 0 bridgehead atoms. The van der Waals surface area contributed by atoms with Crippen molar-refractivity contribution in [3.05, 3.63) is 230 Å². The van der Waals surface area contributed by atoms with Crippen LogP contribution in [0.3, 0.4) is 0 Å². The Balaban J connectivity index is 1.05. The van der Waals surface area contributed by atoms with Crippen LogP contribution in [0.5, 0.6) is 0 Å². The van der Waals surface area contributed by atoms with Gasteiger partial charge in [-0.1, -0.05) is 191 Å². The van der Waals surface area contributed by atoms with Crippen molar-refractivity contribution in [2.45, 2.75) is 26.2 Å². The minimum absolute atomic E-state index is 0.123. The van der Waals surface area contributed by atoms with Gasteiger partial charge in [0.1, 0.15) is 0 Å². The summed E-state index contributed by atoms with van der Waals surface area (Å²) in [5.41, 5.74) is 13.3. The van der Waals surface area contributed by atoms with Crippen molar-refractivity contribution in [3.8, 4) is 27.9 Å². The van der Waals surface area contributed by atoms with Crippen molar-refractivity contribution in [2.24, 2.45) is 0 Å². The third kappa shape index (κ3) is 6.02. The quantitative estimate of drug-likeness (QED) is 0.151. The molecule has 0 fully saturated rings. The summed E-state index contributed by atoms with van der Waals surface area (Å²) >= 11 is 0. The van der Waals surface area contributed by atoms with E-state index in [4.69, 9.17) is 0 Å². The molecule has 1 aromatic heterocycles. The van der Waals surface area contributed by atoms with E-state index in [2.05, 4.69) is 255 Å². The highest BCUT2D eigenvalue weighted by atomic mass is 15.1. The summed E-state index contributed by atoms with van der Waals surface area (Å²) in [4.78, 5) is 2.42. The highest BCUT2D eigenvalue weighted by Gasteiger charge is 2.24. The van der Waals surface area contributed by atoms with Gasteiger partial charge in [0.2, 0.25) is 0 Å². The van der Waals surface area contributed by atoms with Crippen molar-refractivity contribution in [1.82, 2.24) is 4.57 Å². The highest BCUT2D eigenvalue weighted by molar-refractivity contribution is 6.39. The Kier molecular flexibility index (Phi) is 8.51. The van der Waals surface area contributed by atoms with Crippen LogP contribution in [0, 0.1) is 0 Å². The molecule has 0 aliphatic rings. The van der Waals surface area contributed by atoms with Gasteiger partial charge in [-0.25, -0.2) is 0 Å². The molecule has 0 N–H and O–H groups in total. The lowest BCUT2D eigenvalue weighted by atomic mass is 9.86. The van der Waals surface area contributed by atoms with E-state index in [1.165, 1.54) is 103 Å². The predicted molar refractivity (Wildman–Crippen MR) is 284 cm³/mol. The monoisotopic (exact) mass is 842 g/mol. The molecule has 0 aliphatic carbocycles. The molecule has 13 rings (SSSR count). The second kappa shape index (κ2) is 14.7. The molecule has 0 saturated carbocycles. The Morgan fingerprint density at radius 1 is 0.348 bits per heavy atom. The molecule has 13 aromatic rings. The fourth-order valence-electron chi connectivity index (χ4n) is 10.8. The van der Waals surface area contributed by atoms with E-state index in [-0.39, 0.29) is 5.41 Å². The SMILES string of the molecule is CC(C)(C)c1ccc(-c2ccc(-c3cc4cccc5c4c4c3cccc4c3c5c4ccc(N(c5ccc6ccccc6c5)c5ccc6ccccc6c5)cc4n3-c3ccccc3)cc2)cc1. The maximum absolute atomic E-state index is 2.52. The fraction of sp³-hybridized carbons (Fsp3) is 0.0625. The molecule has 66 heavy (non-hydrogen) atoms. The number of aromatic nitrogens is 1. The van der Waals surface area contributed by atoms with Gasteiger partial charge < -0.3 is 9.47 Å². The van der Waals surface area contributed by atoms with E-state index < -0.39 is 0 Å². The lowest BCUT2D eigenvalue weighted by Crippen LogP contribution is -2.10. The first-order chi connectivity index (χ1) is 32.4. The van der Waals surface area contributed by atoms with Gasteiger partial charge in [0.25, 0.3) is 0 Å².